The van der Waals surface area contributed by atoms with Crippen LogP contribution in [-0.2, 0) is 64.3 Å². The number of carbonyl (C=O) groups excluding carboxylic acids is 2. The quantitative estimate of drug-likeness (QED) is 0.0775. The van der Waals surface area contributed by atoms with Crippen molar-refractivity contribution >= 4 is 11.9 Å². The summed E-state index contributed by atoms with van der Waals surface area (Å²) in [5, 5.41) is 30.5. The zero-order chi connectivity index (χ0) is 55.4. The molecule has 3 saturated heterocycles. The van der Waals surface area contributed by atoms with Crippen molar-refractivity contribution in [3.05, 3.63) is 142 Å². The second kappa shape index (κ2) is 23.7. The minimum absolute atomic E-state index is 0. The first-order valence-corrected chi connectivity index (χ1v) is 23.7. The summed E-state index contributed by atoms with van der Waals surface area (Å²) in [5.74, 6) is -1.14. The van der Waals surface area contributed by atoms with Gasteiger partial charge in [-0.15, -0.1) is 0 Å². The second-order valence-corrected chi connectivity index (χ2v) is 19.1. The van der Waals surface area contributed by atoms with Gasteiger partial charge in [0.05, 0.1) is 91.7 Å². The van der Waals surface area contributed by atoms with E-state index in [0.717, 1.165) is 5.56 Å². The van der Waals surface area contributed by atoms with E-state index in [1.54, 1.807) is 60.4 Å². The van der Waals surface area contributed by atoms with E-state index in [1.807, 2.05) is 17.0 Å². The molecule has 7 atom stereocenters. The van der Waals surface area contributed by atoms with Crippen LogP contribution >= 0.6 is 0 Å². The van der Waals surface area contributed by atoms with E-state index >= 15 is 0 Å². The third kappa shape index (κ3) is 14.2. The molecule has 7 rings (SSSR count). The van der Waals surface area contributed by atoms with Gasteiger partial charge in [-0.25, -0.2) is 0 Å². The molecule has 3 aliphatic heterocycles. The summed E-state index contributed by atoms with van der Waals surface area (Å²) in [4.78, 5) is 28.2. The summed E-state index contributed by atoms with van der Waals surface area (Å²) in [5.41, 5.74) is -9.50. The van der Waals surface area contributed by atoms with Crippen LogP contribution in [0.1, 0.15) is 111 Å². The third-order valence-electron chi connectivity index (χ3n) is 14.0. The Labute approximate surface area is 431 Å². The number of rotatable bonds is 15. The lowest BCUT2D eigenvalue weighted by molar-refractivity contribution is -0.210. The van der Waals surface area contributed by atoms with Crippen LogP contribution in [0.2, 0.25) is 0 Å². The summed E-state index contributed by atoms with van der Waals surface area (Å²) in [6.07, 6.45) is -21.3. The predicted octanol–water partition coefficient (Wildman–Crippen LogP) is 10.8. The molecule has 4 aromatic rings. The Hall–Kier alpha value is -5.30. The molecular formula is C53H60F12N2O9. The number of morpholine rings is 1. The lowest BCUT2D eigenvalue weighted by Gasteiger charge is -2.55. The Kier molecular flexibility index (Phi) is 19.2. The molecule has 0 aromatic heterocycles. The molecule has 3 N–H and O–H groups in total. The van der Waals surface area contributed by atoms with E-state index in [9.17, 15) is 77.6 Å². The van der Waals surface area contributed by atoms with E-state index in [0.29, 0.717) is 42.7 Å². The number of ether oxygens (including phenoxy) is 4. The smallest absolute Gasteiger partial charge is 0.416 e. The van der Waals surface area contributed by atoms with Gasteiger partial charge in [0.15, 0.2) is 0 Å². The number of benzene rings is 4. The normalized spacial score (nSPS) is 25.0. The average molecular weight is 1100 g/mol. The fourth-order valence-corrected chi connectivity index (χ4v) is 9.72. The highest BCUT2D eigenvalue weighted by molar-refractivity contribution is 5.73. The van der Waals surface area contributed by atoms with Crippen molar-refractivity contribution < 1.29 is 96.5 Å². The average Bonchev–Trinajstić information content (AvgIpc) is 3.35. The van der Waals surface area contributed by atoms with Crippen LogP contribution in [-0.4, -0.2) is 107 Å². The Morgan fingerprint density at radius 2 is 1.05 bits per heavy atom. The zero-order valence-corrected chi connectivity index (χ0v) is 40.8. The summed E-state index contributed by atoms with van der Waals surface area (Å²) >= 11 is 0. The van der Waals surface area contributed by atoms with Crippen LogP contribution in [0.3, 0.4) is 0 Å². The molecule has 3 heterocycles. The summed E-state index contributed by atoms with van der Waals surface area (Å²) in [6.45, 7) is 2.80. The number of hydrogen-bond acceptors (Lipinski definition) is 11. The van der Waals surface area contributed by atoms with Crippen molar-refractivity contribution in [2.75, 3.05) is 59.2 Å². The maximum absolute atomic E-state index is 13.4. The lowest BCUT2D eigenvalue weighted by Crippen LogP contribution is -2.67. The maximum Gasteiger partial charge on any atom is 0.416 e. The van der Waals surface area contributed by atoms with Crippen molar-refractivity contribution in [1.82, 2.24) is 9.80 Å². The van der Waals surface area contributed by atoms with Crippen LogP contribution in [0.4, 0.5) is 52.7 Å². The van der Waals surface area contributed by atoms with Gasteiger partial charge in [-0.3, -0.25) is 19.4 Å². The first-order valence-electron chi connectivity index (χ1n) is 23.7. The van der Waals surface area contributed by atoms with Gasteiger partial charge in [-0.2, -0.15) is 52.7 Å². The van der Waals surface area contributed by atoms with Crippen molar-refractivity contribution in [1.29, 1.82) is 0 Å². The van der Waals surface area contributed by atoms with Gasteiger partial charge >= 0.3 is 36.6 Å². The number of likely N-dealkylation sites (tertiary alicyclic amines) is 1. The Morgan fingerprint density at radius 1 is 0.632 bits per heavy atom. The monoisotopic (exact) mass is 1100 g/mol. The number of aliphatic hydroxyl groups is 3. The van der Waals surface area contributed by atoms with Crippen molar-refractivity contribution in [3.8, 4) is 0 Å². The molecule has 0 aliphatic carbocycles. The van der Waals surface area contributed by atoms with Crippen LogP contribution in [0, 0.1) is 0 Å². The number of fused-ring (bicyclic) bond motifs is 2. The largest absolute Gasteiger partial charge is 0.465 e. The van der Waals surface area contributed by atoms with Gasteiger partial charge < -0.3 is 34.3 Å². The molecule has 3 aliphatic rings. The maximum atomic E-state index is 13.4. The minimum Gasteiger partial charge on any atom is -0.465 e. The van der Waals surface area contributed by atoms with E-state index in [-0.39, 0.29) is 96.1 Å². The van der Waals surface area contributed by atoms with Crippen molar-refractivity contribution in [3.63, 3.8) is 0 Å². The number of nitrogens with zero attached hydrogens (tertiary/aromatic N) is 2. The lowest BCUT2D eigenvalue weighted by atomic mass is 9.75. The molecule has 76 heavy (non-hydrogen) atoms. The molecule has 0 radical (unpaired) electrons. The predicted molar refractivity (Wildman–Crippen MR) is 251 cm³/mol. The molecule has 3 fully saturated rings. The number of halogens is 12. The number of aliphatic hydroxyl groups excluding tert-OH is 2. The third-order valence-corrected chi connectivity index (χ3v) is 14.0. The van der Waals surface area contributed by atoms with Crippen LogP contribution in [0.15, 0.2) is 97.1 Å². The van der Waals surface area contributed by atoms with Gasteiger partial charge in [-0.1, -0.05) is 68.1 Å². The van der Waals surface area contributed by atoms with E-state index < -0.39 is 100.0 Å². The molecule has 4 aromatic carbocycles. The number of carbonyl (C=O) groups is 2. The first-order chi connectivity index (χ1) is 34.9. The minimum atomic E-state index is -5.00. The van der Waals surface area contributed by atoms with Gasteiger partial charge in [-0.05, 0) is 105 Å². The molecule has 2 bridgehead atoms. The number of hydrogen-bond donors (Lipinski definition) is 3. The Balaban J connectivity index is 0.000000278. The standard InChI is InChI=1S/C27H31F6NO5.C25H25F6NO4.CH4/c1-3-38-23(36)14-34-15-24(37,16-35)9-10-25(34,20-7-5-4-6-8-20)17-39-18(2)19-11-21(26(28,29)30)13-22(12-19)27(31,32)33;1-16(17-9-19(24(26,27)28)11-20(10-17)25(29,30)31)35-15-23(18-5-3-2-4-6-18)8-7-22(14-33)13-32(23)12-21(34)36-22;/h4-8,11-13,18,35,37H,3,9-10,14-17H2,1-2H3;2-6,9-11,16,33H,7-8,12-15H2,1H3;1H4/t18-,24?,25-;16-,22-,23-;/m11./s1. The second-order valence-electron chi connectivity index (χ2n) is 19.1. The Morgan fingerprint density at radius 3 is 1.46 bits per heavy atom. The van der Waals surface area contributed by atoms with Gasteiger partial charge in [0.25, 0.3) is 0 Å². The molecule has 0 saturated carbocycles. The molecule has 0 spiro atoms. The van der Waals surface area contributed by atoms with Crippen LogP contribution in [0.5, 0.6) is 0 Å². The fourth-order valence-electron chi connectivity index (χ4n) is 9.72. The number of esters is 2. The van der Waals surface area contributed by atoms with E-state index in [4.69, 9.17) is 18.9 Å². The summed E-state index contributed by atoms with van der Waals surface area (Å²) < 4.78 is 183. The summed E-state index contributed by atoms with van der Waals surface area (Å²) in [7, 11) is 0. The highest BCUT2D eigenvalue weighted by Crippen LogP contribution is 2.47. The van der Waals surface area contributed by atoms with E-state index in [2.05, 4.69) is 0 Å². The SMILES string of the molecule is C.CCOC(=O)CN1CC(O)(CO)CC[C@@]1(CO[C@H](C)c1cc(C(F)(F)F)cc(C(F)(F)F)c1)c1ccccc1.C[C@@H](OC[C@@]1(c2ccccc2)CC[C@]2(CO)CN1CC(=O)O2)c1cc(C(F)(F)F)cc(C(F)(F)F)c1. The topological polar surface area (TPSA) is 138 Å². The molecule has 420 valence electrons. The zero-order valence-electron chi connectivity index (χ0n) is 40.8. The number of alkyl halides is 12. The first kappa shape index (κ1) is 61.6. The van der Waals surface area contributed by atoms with Crippen molar-refractivity contribution in [2.24, 2.45) is 0 Å². The molecule has 23 heteroatoms. The number of β-amino-alcohol motifs (C(OH)–C–C–N with tert-alkyl or cyclic N) is 1. The van der Waals surface area contributed by atoms with Crippen LogP contribution < -0.4 is 0 Å². The molecule has 0 amide bonds. The highest BCUT2D eigenvalue weighted by Gasteiger charge is 2.55. The Bertz CT molecular complexity index is 2520. The van der Waals surface area contributed by atoms with Gasteiger partial charge in [0.1, 0.15) is 11.2 Å². The molecule has 2 unspecified atom stereocenters. The summed E-state index contributed by atoms with van der Waals surface area (Å²) in [6, 6.07) is 20.5. The molecule has 11 nitrogen and oxygen atoms in total. The fraction of sp³-hybridized carbons (Fsp3) is 0.509. The van der Waals surface area contributed by atoms with Crippen molar-refractivity contribution in [2.45, 2.75) is 113 Å². The number of piperidine rings is 2. The van der Waals surface area contributed by atoms with Crippen LogP contribution in [0.25, 0.3) is 0 Å². The highest BCUT2D eigenvalue weighted by atomic mass is 19.4. The van der Waals surface area contributed by atoms with Gasteiger partial charge in [0.2, 0.25) is 0 Å². The van der Waals surface area contributed by atoms with E-state index in [1.165, 1.54) is 13.8 Å². The van der Waals surface area contributed by atoms with Gasteiger partial charge in [0, 0.05) is 13.1 Å². The molecular weight excluding hydrogens is 1040 g/mol.